The standard InChI is InChI=1S/C11H19NOS.H2O4S/c1-2-3-4-5-6-7-9-12-11(13)8-10-14-12;1-5(2,3)4/h8,10H,2-7,9H2,1H3;(H2,1,2,3,4). The molecule has 2 N–H and O–H groups in total. The summed E-state index contributed by atoms with van der Waals surface area (Å²) in [6.07, 6.45) is 7.70. The maximum atomic E-state index is 11.2. The summed E-state index contributed by atoms with van der Waals surface area (Å²) >= 11 is 1.52. The van der Waals surface area contributed by atoms with E-state index in [0.29, 0.717) is 0 Å². The van der Waals surface area contributed by atoms with Crippen LogP contribution in [-0.2, 0) is 16.9 Å². The molecule has 0 aromatic carbocycles. The van der Waals surface area contributed by atoms with Gasteiger partial charge in [-0.25, -0.2) is 0 Å². The number of rotatable bonds is 7. The molecule has 0 aliphatic rings. The topological polar surface area (TPSA) is 96.6 Å². The molecule has 1 aromatic rings. The van der Waals surface area contributed by atoms with E-state index in [1.165, 1.54) is 43.6 Å². The predicted molar refractivity (Wildman–Crippen MR) is 76.1 cm³/mol. The number of hydrogen-bond donors (Lipinski definition) is 2. The molecular weight excluding hydrogens is 290 g/mol. The third-order valence-electron chi connectivity index (χ3n) is 2.36. The van der Waals surface area contributed by atoms with E-state index in [2.05, 4.69) is 6.92 Å². The Hall–Kier alpha value is -0.700. The van der Waals surface area contributed by atoms with Gasteiger partial charge in [0.05, 0.1) is 0 Å². The lowest BCUT2D eigenvalue weighted by atomic mass is 10.1. The lowest BCUT2D eigenvalue weighted by Crippen LogP contribution is -2.11. The van der Waals surface area contributed by atoms with Gasteiger partial charge in [0, 0.05) is 18.0 Å². The average Bonchev–Trinajstić information content (AvgIpc) is 2.67. The number of unbranched alkanes of at least 4 members (excludes halogenated alkanes) is 5. The monoisotopic (exact) mass is 311 g/mol. The smallest absolute Gasteiger partial charge is 0.268 e. The van der Waals surface area contributed by atoms with Crippen LogP contribution in [0.2, 0.25) is 0 Å². The van der Waals surface area contributed by atoms with Crippen molar-refractivity contribution in [2.24, 2.45) is 0 Å². The first-order valence-electron chi connectivity index (χ1n) is 6.19. The van der Waals surface area contributed by atoms with E-state index in [1.54, 1.807) is 6.07 Å². The summed E-state index contributed by atoms with van der Waals surface area (Å²) in [5.74, 6) is 0. The molecule has 0 aliphatic carbocycles. The largest absolute Gasteiger partial charge is 0.394 e. The first-order valence-corrected chi connectivity index (χ1v) is 8.42. The second-order valence-corrected chi connectivity index (χ2v) is 5.88. The van der Waals surface area contributed by atoms with Gasteiger partial charge in [-0.15, -0.1) is 0 Å². The van der Waals surface area contributed by atoms with Crippen molar-refractivity contribution in [1.82, 2.24) is 3.96 Å². The Morgan fingerprint density at radius 2 is 1.68 bits per heavy atom. The second-order valence-electron chi connectivity index (χ2n) is 4.06. The number of hydrogen-bond acceptors (Lipinski definition) is 4. The first kappa shape index (κ1) is 18.3. The molecule has 8 heteroatoms. The molecule has 112 valence electrons. The number of nitrogens with zero attached hydrogens (tertiary/aromatic N) is 1. The molecule has 0 saturated carbocycles. The molecule has 0 radical (unpaired) electrons. The molecule has 6 nitrogen and oxygen atoms in total. The van der Waals surface area contributed by atoms with Gasteiger partial charge < -0.3 is 0 Å². The van der Waals surface area contributed by atoms with Gasteiger partial charge in [0.15, 0.2) is 0 Å². The minimum atomic E-state index is -4.67. The molecule has 0 spiro atoms. The van der Waals surface area contributed by atoms with E-state index in [9.17, 15) is 4.79 Å². The van der Waals surface area contributed by atoms with Crippen LogP contribution in [0.25, 0.3) is 0 Å². The Bertz CT molecular complexity index is 469. The molecule has 0 atom stereocenters. The molecular formula is C11H21NO5S2. The highest BCUT2D eigenvalue weighted by molar-refractivity contribution is 7.79. The van der Waals surface area contributed by atoms with Gasteiger partial charge in [-0.3, -0.25) is 17.9 Å². The van der Waals surface area contributed by atoms with Gasteiger partial charge in [0.25, 0.3) is 5.56 Å². The second kappa shape index (κ2) is 10.1. The normalized spacial score (nSPS) is 10.9. The summed E-state index contributed by atoms with van der Waals surface area (Å²) in [7, 11) is -4.67. The van der Waals surface area contributed by atoms with Crippen LogP contribution in [0.15, 0.2) is 16.2 Å². The van der Waals surface area contributed by atoms with Crippen molar-refractivity contribution >= 4 is 21.9 Å². The molecule has 0 amide bonds. The molecule has 1 heterocycles. The van der Waals surface area contributed by atoms with E-state index in [-0.39, 0.29) is 5.56 Å². The minimum Gasteiger partial charge on any atom is -0.268 e. The Kier molecular flexibility index (Phi) is 9.76. The van der Waals surface area contributed by atoms with Crippen LogP contribution in [0.4, 0.5) is 0 Å². The third-order valence-corrected chi connectivity index (χ3v) is 3.23. The zero-order valence-corrected chi connectivity index (χ0v) is 12.6. The van der Waals surface area contributed by atoms with Crippen LogP contribution in [0.1, 0.15) is 45.4 Å². The maximum absolute atomic E-state index is 11.2. The Morgan fingerprint density at radius 1 is 1.16 bits per heavy atom. The minimum absolute atomic E-state index is 0.156. The van der Waals surface area contributed by atoms with Crippen molar-refractivity contribution in [2.75, 3.05) is 0 Å². The zero-order chi connectivity index (χ0) is 14.7. The molecule has 0 fully saturated rings. The van der Waals surface area contributed by atoms with Crippen LogP contribution in [0, 0.1) is 0 Å². The van der Waals surface area contributed by atoms with Gasteiger partial charge in [0.2, 0.25) is 0 Å². The quantitative estimate of drug-likeness (QED) is 0.596. The van der Waals surface area contributed by atoms with Crippen LogP contribution in [0.3, 0.4) is 0 Å². The molecule has 19 heavy (non-hydrogen) atoms. The van der Waals surface area contributed by atoms with E-state index in [4.69, 9.17) is 17.5 Å². The summed E-state index contributed by atoms with van der Waals surface area (Å²) < 4.78 is 33.4. The van der Waals surface area contributed by atoms with Crippen LogP contribution in [-0.4, -0.2) is 21.5 Å². The summed E-state index contributed by atoms with van der Waals surface area (Å²) in [5.41, 5.74) is 0.156. The molecule has 1 rings (SSSR count). The molecule has 1 aromatic heterocycles. The highest BCUT2D eigenvalue weighted by Gasteiger charge is 1.95. The van der Waals surface area contributed by atoms with E-state index in [1.807, 2.05) is 9.34 Å². The SMILES string of the molecule is CCCCCCCCn1sccc1=O.O=S(=O)(O)O. The summed E-state index contributed by atoms with van der Waals surface area (Å²) in [4.78, 5) is 11.2. The van der Waals surface area contributed by atoms with Crippen molar-refractivity contribution < 1.29 is 17.5 Å². The summed E-state index contributed by atoms with van der Waals surface area (Å²) in [6.45, 7) is 3.13. The molecule has 0 bridgehead atoms. The highest BCUT2D eigenvalue weighted by atomic mass is 32.3. The van der Waals surface area contributed by atoms with E-state index in [0.717, 1.165) is 13.0 Å². The lowest BCUT2D eigenvalue weighted by molar-refractivity contribution is 0.381. The van der Waals surface area contributed by atoms with Gasteiger partial charge in [-0.05, 0) is 6.42 Å². The maximum Gasteiger partial charge on any atom is 0.394 e. The van der Waals surface area contributed by atoms with Crippen molar-refractivity contribution in [3.63, 3.8) is 0 Å². The van der Waals surface area contributed by atoms with Crippen LogP contribution >= 0.6 is 11.5 Å². The molecule has 0 unspecified atom stereocenters. The van der Waals surface area contributed by atoms with Crippen LogP contribution in [0.5, 0.6) is 0 Å². The van der Waals surface area contributed by atoms with E-state index >= 15 is 0 Å². The van der Waals surface area contributed by atoms with Crippen molar-refractivity contribution in [1.29, 1.82) is 0 Å². The zero-order valence-electron chi connectivity index (χ0n) is 11.0. The van der Waals surface area contributed by atoms with Gasteiger partial charge in [0.1, 0.15) is 0 Å². The van der Waals surface area contributed by atoms with Gasteiger partial charge in [-0.1, -0.05) is 50.6 Å². The third kappa shape index (κ3) is 13.5. The van der Waals surface area contributed by atoms with Crippen molar-refractivity contribution in [3.05, 3.63) is 21.8 Å². The van der Waals surface area contributed by atoms with Gasteiger partial charge >= 0.3 is 10.4 Å². The fourth-order valence-corrected chi connectivity index (χ4v) is 2.22. The van der Waals surface area contributed by atoms with Crippen molar-refractivity contribution in [3.8, 4) is 0 Å². The van der Waals surface area contributed by atoms with E-state index < -0.39 is 10.4 Å². The number of aromatic nitrogens is 1. The summed E-state index contributed by atoms with van der Waals surface area (Å²) in [5, 5.41) is 1.86. The Balaban J connectivity index is 0.000000555. The highest BCUT2D eigenvalue weighted by Crippen LogP contribution is 2.06. The number of aryl methyl sites for hydroxylation is 1. The molecule has 0 saturated heterocycles. The summed E-state index contributed by atoms with van der Waals surface area (Å²) in [6, 6.07) is 1.64. The first-order chi connectivity index (χ1) is 8.84. The van der Waals surface area contributed by atoms with Crippen molar-refractivity contribution in [2.45, 2.75) is 52.0 Å². The average molecular weight is 311 g/mol. The predicted octanol–water partition coefficient (Wildman–Crippen LogP) is 2.62. The fraction of sp³-hybridized carbons (Fsp3) is 0.727. The lowest BCUT2D eigenvalue weighted by Gasteiger charge is -2.00. The Morgan fingerprint density at radius 3 is 2.16 bits per heavy atom. The van der Waals surface area contributed by atoms with Crippen LogP contribution < -0.4 is 5.56 Å². The van der Waals surface area contributed by atoms with Gasteiger partial charge in [-0.2, -0.15) is 8.42 Å². The Labute approximate surface area is 117 Å². The molecule has 0 aliphatic heterocycles. The fourth-order valence-electron chi connectivity index (χ4n) is 1.50.